The van der Waals surface area contributed by atoms with Crippen molar-refractivity contribution in [2.75, 3.05) is 23.9 Å². The summed E-state index contributed by atoms with van der Waals surface area (Å²) < 4.78 is 26.6. The Labute approximate surface area is 84.8 Å². The Hall–Kier alpha value is 0.610. The number of hydrogen-bond acceptors (Lipinski definition) is 5. The van der Waals surface area contributed by atoms with Crippen LogP contribution < -0.4 is 0 Å². The van der Waals surface area contributed by atoms with Crippen molar-refractivity contribution < 1.29 is 12.6 Å². The number of hydrogen-bond donors (Lipinski definition) is 2. The van der Waals surface area contributed by atoms with E-state index in [0.717, 1.165) is 0 Å². The van der Waals surface area contributed by atoms with Gasteiger partial charge in [0.1, 0.15) is 0 Å². The zero-order chi connectivity index (χ0) is 9.45. The second-order valence-corrected chi connectivity index (χ2v) is 4.89. The normalized spacial score (nSPS) is 11.8. The van der Waals surface area contributed by atoms with Gasteiger partial charge in [-0.3, -0.25) is 4.18 Å². The third-order valence-electron chi connectivity index (χ3n) is 1.12. The number of thiol groups is 2. The van der Waals surface area contributed by atoms with Crippen molar-refractivity contribution in [3.63, 3.8) is 0 Å². The molecule has 0 bridgehead atoms. The van der Waals surface area contributed by atoms with Crippen LogP contribution in [0.25, 0.3) is 0 Å². The van der Waals surface area contributed by atoms with E-state index in [2.05, 4.69) is 29.4 Å². The first-order chi connectivity index (χ1) is 5.62. The molecule has 0 saturated carbocycles. The second kappa shape index (κ2) is 7.06. The van der Waals surface area contributed by atoms with Gasteiger partial charge in [-0.2, -0.15) is 33.7 Å². The van der Waals surface area contributed by atoms with Crippen molar-refractivity contribution >= 4 is 35.4 Å². The zero-order valence-corrected chi connectivity index (χ0v) is 9.38. The highest BCUT2D eigenvalue weighted by Gasteiger charge is 2.08. The van der Waals surface area contributed by atoms with Gasteiger partial charge in [-0.05, 0) is 24.3 Å². The average molecular weight is 230 g/mol. The first-order valence-electron chi connectivity index (χ1n) is 3.71. The SMILES string of the molecule is O=S(=O)(CCCS)OCCCS. The minimum atomic E-state index is -3.30. The first-order valence-corrected chi connectivity index (χ1v) is 6.55. The van der Waals surface area contributed by atoms with Crippen molar-refractivity contribution in [2.24, 2.45) is 0 Å². The summed E-state index contributed by atoms with van der Waals surface area (Å²) in [6.45, 7) is 0.235. The average Bonchev–Trinajstić information content (AvgIpc) is 2.01. The molecule has 0 N–H and O–H groups in total. The smallest absolute Gasteiger partial charge is 0.267 e. The fourth-order valence-electron chi connectivity index (χ4n) is 0.551. The van der Waals surface area contributed by atoms with E-state index in [9.17, 15) is 8.42 Å². The molecule has 12 heavy (non-hydrogen) atoms. The van der Waals surface area contributed by atoms with Gasteiger partial charge in [0.15, 0.2) is 0 Å². The largest absolute Gasteiger partial charge is 0.270 e. The molecule has 0 heterocycles. The molecule has 0 spiro atoms. The molecule has 0 aliphatic carbocycles. The molecule has 0 unspecified atom stereocenters. The molecule has 0 aliphatic heterocycles. The Morgan fingerprint density at radius 2 is 1.67 bits per heavy atom. The van der Waals surface area contributed by atoms with Crippen LogP contribution in [-0.2, 0) is 14.3 Å². The van der Waals surface area contributed by atoms with Crippen LogP contribution in [0.1, 0.15) is 12.8 Å². The van der Waals surface area contributed by atoms with Crippen LogP contribution in [-0.4, -0.2) is 32.3 Å². The van der Waals surface area contributed by atoms with E-state index >= 15 is 0 Å². The minimum Gasteiger partial charge on any atom is -0.270 e. The van der Waals surface area contributed by atoms with Crippen molar-refractivity contribution in [3.8, 4) is 0 Å². The summed E-state index contributed by atoms with van der Waals surface area (Å²) in [6.07, 6.45) is 1.19. The predicted molar refractivity (Wildman–Crippen MR) is 56.7 cm³/mol. The first kappa shape index (κ1) is 12.6. The summed E-state index contributed by atoms with van der Waals surface area (Å²) in [4.78, 5) is 0. The maximum atomic E-state index is 11.0. The lowest BCUT2D eigenvalue weighted by molar-refractivity contribution is 0.319. The van der Waals surface area contributed by atoms with Crippen LogP contribution >= 0.6 is 25.3 Å². The van der Waals surface area contributed by atoms with E-state index in [0.29, 0.717) is 24.3 Å². The van der Waals surface area contributed by atoms with Crippen LogP contribution in [0.3, 0.4) is 0 Å². The monoisotopic (exact) mass is 230 g/mol. The molecule has 6 heteroatoms. The van der Waals surface area contributed by atoms with Crippen LogP contribution in [0.15, 0.2) is 0 Å². The van der Waals surface area contributed by atoms with Gasteiger partial charge in [0.05, 0.1) is 12.4 Å². The van der Waals surface area contributed by atoms with Crippen LogP contribution in [0, 0.1) is 0 Å². The minimum absolute atomic E-state index is 0.0586. The van der Waals surface area contributed by atoms with E-state index in [4.69, 9.17) is 0 Å². The molecule has 0 rings (SSSR count). The second-order valence-electron chi connectivity index (χ2n) is 2.24. The summed E-state index contributed by atoms with van der Waals surface area (Å²) in [5.74, 6) is 1.26. The Bertz CT molecular complexity index is 188. The molecule has 3 nitrogen and oxygen atoms in total. The lowest BCUT2D eigenvalue weighted by Gasteiger charge is -2.02. The summed E-state index contributed by atoms with van der Waals surface area (Å²) >= 11 is 7.84. The van der Waals surface area contributed by atoms with Gasteiger partial charge in [-0.1, -0.05) is 0 Å². The maximum absolute atomic E-state index is 11.0. The molecule has 0 aromatic rings. The van der Waals surface area contributed by atoms with E-state index in [1.165, 1.54) is 0 Å². The molecule has 0 fully saturated rings. The zero-order valence-electron chi connectivity index (χ0n) is 6.77. The molecule has 0 atom stereocenters. The van der Waals surface area contributed by atoms with Crippen molar-refractivity contribution in [1.29, 1.82) is 0 Å². The van der Waals surface area contributed by atoms with Gasteiger partial charge in [0.25, 0.3) is 10.1 Å². The highest BCUT2D eigenvalue weighted by molar-refractivity contribution is 7.86. The van der Waals surface area contributed by atoms with Gasteiger partial charge < -0.3 is 0 Å². The standard InChI is InChI=1S/C6H14O3S3/c7-12(8,6-2-5-11)9-3-1-4-10/h10-11H,1-6H2. The van der Waals surface area contributed by atoms with E-state index < -0.39 is 10.1 Å². The Morgan fingerprint density at radius 3 is 2.17 bits per heavy atom. The van der Waals surface area contributed by atoms with Gasteiger partial charge in [0, 0.05) is 0 Å². The summed E-state index contributed by atoms with van der Waals surface area (Å²) in [7, 11) is -3.30. The van der Waals surface area contributed by atoms with Crippen molar-refractivity contribution in [1.82, 2.24) is 0 Å². The third-order valence-corrected chi connectivity index (χ3v) is 3.06. The lowest BCUT2D eigenvalue weighted by atomic mass is 10.5. The fraction of sp³-hybridized carbons (Fsp3) is 1.00. The molecule has 0 aliphatic rings. The Morgan fingerprint density at radius 1 is 1.08 bits per heavy atom. The maximum Gasteiger partial charge on any atom is 0.267 e. The number of rotatable bonds is 7. The fourth-order valence-corrected chi connectivity index (χ4v) is 2.04. The molecule has 0 radical (unpaired) electrons. The highest BCUT2D eigenvalue weighted by Crippen LogP contribution is 1.99. The summed E-state index contributed by atoms with van der Waals surface area (Å²) in [6, 6.07) is 0. The highest BCUT2D eigenvalue weighted by atomic mass is 32.2. The Kier molecular flexibility index (Phi) is 7.41. The molecule has 0 aromatic carbocycles. The van der Waals surface area contributed by atoms with Crippen LogP contribution in [0.4, 0.5) is 0 Å². The van der Waals surface area contributed by atoms with Crippen LogP contribution in [0.2, 0.25) is 0 Å². The van der Waals surface area contributed by atoms with Crippen molar-refractivity contribution in [2.45, 2.75) is 12.8 Å². The molecule has 0 aromatic heterocycles. The topological polar surface area (TPSA) is 43.4 Å². The van der Waals surface area contributed by atoms with Gasteiger partial charge in [0.2, 0.25) is 0 Å². The lowest BCUT2D eigenvalue weighted by Crippen LogP contribution is -2.12. The quantitative estimate of drug-likeness (QED) is 0.389. The summed E-state index contributed by atoms with van der Waals surface area (Å²) in [5, 5.41) is 0. The molecular formula is C6H14O3S3. The van der Waals surface area contributed by atoms with Gasteiger partial charge >= 0.3 is 0 Å². The molecule has 74 valence electrons. The third kappa shape index (κ3) is 7.27. The van der Waals surface area contributed by atoms with Gasteiger partial charge in [-0.25, -0.2) is 0 Å². The molecule has 0 saturated heterocycles. The van der Waals surface area contributed by atoms with E-state index in [1.807, 2.05) is 0 Å². The van der Waals surface area contributed by atoms with E-state index in [-0.39, 0.29) is 12.4 Å². The van der Waals surface area contributed by atoms with E-state index in [1.54, 1.807) is 0 Å². The van der Waals surface area contributed by atoms with Crippen molar-refractivity contribution in [3.05, 3.63) is 0 Å². The Balaban J connectivity index is 3.58. The predicted octanol–water partition coefficient (Wildman–Crippen LogP) is 0.973. The molecular weight excluding hydrogens is 216 g/mol. The van der Waals surface area contributed by atoms with Gasteiger partial charge in [-0.15, -0.1) is 0 Å². The molecule has 0 amide bonds. The van der Waals surface area contributed by atoms with Crippen LogP contribution in [0.5, 0.6) is 0 Å². The summed E-state index contributed by atoms with van der Waals surface area (Å²) in [5.41, 5.74) is 0.